The van der Waals surface area contributed by atoms with Gasteiger partial charge in [0.15, 0.2) is 0 Å². The number of pyridine rings is 1. The molecule has 0 aliphatic carbocycles. The zero-order chi connectivity index (χ0) is 16.4. The zero-order valence-electron chi connectivity index (χ0n) is 12.1. The molecule has 1 aromatic heterocycles. The number of nitrogens with zero attached hydrogens (tertiary/aromatic N) is 2. The molecule has 4 nitrogen and oxygen atoms in total. The van der Waals surface area contributed by atoms with Crippen LogP contribution in [-0.4, -0.2) is 12.1 Å². The van der Waals surface area contributed by atoms with E-state index in [1.54, 1.807) is 25.3 Å². The molecule has 0 atom stereocenters. The molecule has 0 fully saturated rings. The summed E-state index contributed by atoms with van der Waals surface area (Å²) in [6, 6.07) is 12.8. The maximum Gasteiger partial charge on any atom is 0.121 e. The van der Waals surface area contributed by atoms with Crippen LogP contribution in [0, 0.1) is 11.3 Å². The fourth-order valence-electron chi connectivity index (χ4n) is 2.25. The molecule has 2 aromatic carbocycles. The summed E-state index contributed by atoms with van der Waals surface area (Å²) < 4.78 is 5.21. The Bertz CT molecular complexity index is 935. The lowest BCUT2D eigenvalue weighted by Crippen LogP contribution is -1.97. The van der Waals surface area contributed by atoms with Crippen LogP contribution < -0.4 is 10.1 Å². The topological polar surface area (TPSA) is 57.9 Å². The highest BCUT2D eigenvalue weighted by Crippen LogP contribution is 2.34. The van der Waals surface area contributed by atoms with Gasteiger partial charge >= 0.3 is 0 Å². The molecule has 0 aliphatic heterocycles. The molecule has 0 bridgehead atoms. The summed E-state index contributed by atoms with van der Waals surface area (Å²) >= 11 is 12.1. The summed E-state index contributed by atoms with van der Waals surface area (Å²) in [5.41, 5.74) is 2.45. The lowest BCUT2D eigenvalue weighted by atomic mass is 10.1. The van der Waals surface area contributed by atoms with Crippen LogP contribution in [-0.2, 0) is 0 Å². The number of aromatic nitrogens is 1. The lowest BCUT2D eigenvalue weighted by molar-refractivity contribution is 0.415. The quantitative estimate of drug-likeness (QED) is 0.712. The van der Waals surface area contributed by atoms with Crippen LogP contribution in [0.1, 0.15) is 5.56 Å². The van der Waals surface area contributed by atoms with Gasteiger partial charge in [0.1, 0.15) is 11.8 Å². The predicted molar refractivity (Wildman–Crippen MR) is 92.8 cm³/mol. The number of methoxy groups -OCH3 is 1. The molecule has 0 unspecified atom stereocenters. The van der Waals surface area contributed by atoms with E-state index >= 15 is 0 Å². The summed E-state index contributed by atoms with van der Waals surface area (Å²) in [5, 5.41) is 14.4. The number of nitrogens with one attached hydrogen (secondary N) is 1. The van der Waals surface area contributed by atoms with Gasteiger partial charge < -0.3 is 10.1 Å². The second kappa shape index (κ2) is 6.33. The number of hydrogen-bond donors (Lipinski definition) is 1. The van der Waals surface area contributed by atoms with Gasteiger partial charge in [-0.3, -0.25) is 4.98 Å². The summed E-state index contributed by atoms with van der Waals surface area (Å²) in [6.45, 7) is 0. The highest BCUT2D eigenvalue weighted by Gasteiger charge is 2.11. The van der Waals surface area contributed by atoms with Crippen LogP contribution in [0.2, 0.25) is 10.0 Å². The third-order valence-corrected chi connectivity index (χ3v) is 3.94. The molecule has 23 heavy (non-hydrogen) atoms. The second-order valence-corrected chi connectivity index (χ2v) is 5.63. The van der Waals surface area contributed by atoms with Crippen molar-refractivity contribution in [1.82, 2.24) is 4.98 Å². The Morgan fingerprint density at radius 3 is 2.70 bits per heavy atom. The first-order valence-corrected chi connectivity index (χ1v) is 7.47. The molecule has 1 heterocycles. The van der Waals surface area contributed by atoms with E-state index in [1.165, 1.54) is 6.20 Å². The van der Waals surface area contributed by atoms with Crippen LogP contribution in [0.3, 0.4) is 0 Å². The molecule has 0 radical (unpaired) electrons. The SMILES string of the molecule is COc1ccc2c(Nc3ccc(Cl)cc3Cl)c(C#N)cnc2c1. The third-order valence-electron chi connectivity index (χ3n) is 3.39. The van der Waals surface area contributed by atoms with Crippen molar-refractivity contribution in [2.45, 2.75) is 0 Å². The first-order valence-electron chi connectivity index (χ1n) is 6.71. The highest BCUT2D eigenvalue weighted by molar-refractivity contribution is 6.36. The molecule has 3 rings (SSSR count). The van der Waals surface area contributed by atoms with E-state index in [1.807, 2.05) is 18.2 Å². The van der Waals surface area contributed by atoms with Gasteiger partial charge in [-0.15, -0.1) is 0 Å². The molecule has 0 aliphatic rings. The predicted octanol–water partition coefficient (Wildman–Crippen LogP) is 5.17. The van der Waals surface area contributed by atoms with Gasteiger partial charge in [-0.25, -0.2) is 0 Å². The number of nitriles is 1. The molecule has 1 N–H and O–H groups in total. The smallest absolute Gasteiger partial charge is 0.121 e. The Morgan fingerprint density at radius 2 is 2.00 bits per heavy atom. The van der Waals surface area contributed by atoms with E-state index < -0.39 is 0 Å². The minimum absolute atomic E-state index is 0.425. The number of benzene rings is 2. The number of fused-ring (bicyclic) bond motifs is 1. The van der Waals surface area contributed by atoms with Crippen molar-refractivity contribution >= 4 is 45.5 Å². The Morgan fingerprint density at radius 1 is 1.17 bits per heavy atom. The maximum atomic E-state index is 9.36. The van der Waals surface area contributed by atoms with Crippen LogP contribution in [0.15, 0.2) is 42.6 Å². The molecular weight excluding hydrogens is 333 g/mol. The van der Waals surface area contributed by atoms with Crippen molar-refractivity contribution in [3.05, 3.63) is 58.2 Å². The van der Waals surface area contributed by atoms with Crippen molar-refractivity contribution < 1.29 is 4.74 Å². The molecule has 0 saturated carbocycles. The van der Waals surface area contributed by atoms with Crippen LogP contribution in [0.4, 0.5) is 11.4 Å². The Hall–Kier alpha value is -2.48. The van der Waals surface area contributed by atoms with Gasteiger partial charge in [0, 0.05) is 22.7 Å². The molecule has 0 spiro atoms. The fourth-order valence-corrected chi connectivity index (χ4v) is 2.70. The second-order valence-electron chi connectivity index (χ2n) is 4.79. The van der Waals surface area contributed by atoms with E-state index in [2.05, 4.69) is 16.4 Å². The number of hydrogen-bond acceptors (Lipinski definition) is 4. The molecular formula is C17H11Cl2N3O. The monoisotopic (exact) mass is 343 g/mol. The number of ether oxygens (including phenoxy) is 1. The minimum Gasteiger partial charge on any atom is -0.497 e. The molecule has 114 valence electrons. The van der Waals surface area contributed by atoms with Crippen molar-refractivity contribution in [1.29, 1.82) is 5.26 Å². The normalized spacial score (nSPS) is 10.3. The summed E-state index contributed by atoms with van der Waals surface area (Å²) in [7, 11) is 1.59. The molecule has 0 amide bonds. The van der Waals surface area contributed by atoms with E-state index in [4.69, 9.17) is 27.9 Å². The molecule has 6 heteroatoms. The Kier molecular flexibility index (Phi) is 4.24. The van der Waals surface area contributed by atoms with Crippen LogP contribution in [0.5, 0.6) is 5.75 Å². The van der Waals surface area contributed by atoms with Gasteiger partial charge in [0.2, 0.25) is 0 Å². The van der Waals surface area contributed by atoms with E-state index in [0.717, 1.165) is 10.9 Å². The van der Waals surface area contributed by atoms with Gasteiger partial charge in [0.25, 0.3) is 0 Å². The highest BCUT2D eigenvalue weighted by atomic mass is 35.5. The third kappa shape index (κ3) is 3.02. The van der Waals surface area contributed by atoms with Gasteiger partial charge in [-0.1, -0.05) is 23.2 Å². The first kappa shape index (κ1) is 15.4. The van der Waals surface area contributed by atoms with Gasteiger partial charge in [-0.2, -0.15) is 5.26 Å². The number of rotatable bonds is 3. The van der Waals surface area contributed by atoms with E-state index in [0.29, 0.717) is 32.7 Å². The fraction of sp³-hybridized carbons (Fsp3) is 0.0588. The first-order chi connectivity index (χ1) is 11.1. The van der Waals surface area contributed by atoms with Gasteiger partial charge in [-0.05, 0) is 30.3 Å². The van der Waals surface area contributed by atoms with Crippen molar-refractivity contribution in [2.75, 3.05) is 12.4 Å². The Labute approximate surface area is 143 Å². The van der Waals surface area contributed by atoms with Crippen molar-refractivity contribution in [2.24, 2.45) is 0 Å². The van der Waals surface area contributed by atoms with Crippen LogP contribution >= 0.6 is 23.2 Å². The largest absolute Gasteiger partial charge is 0.497 e. The average Bonchev–Trinajstić information content (AvgIpc) is 2.56. The van der Waals surface area contributed by atoms with Crippen molar-refractivity contribution in [3.8, 4) is 11.8 Å². The Balaban J connectivity index is 2.16. The average molecular weight is 344 g/mol. The van der Waals surface area contributed by atoms with E-state index in [-0.39, 0.29) is 0 Å². The number of halogens is 2. The maximum absolute atomic E-state index is 9.36. The zero-order valence-corrected chi connectivity index (χ0v) is 13.6. The summed E-state index contributed by atoms with van der Waals surface area (Å²) in [5.74, 6) is 0.699. The molecule has 3 aromatic rings. The standard InChI is InChI=1S/C17H11Cl2N3O/c1-23-12-3-4-13-16(7-12)21-9-10(8-20)17(13)22-15-5-2-11(18)6-14(15)19/h2-7,9H,1H3,(H,21,22). The summed E-state index contributed by atoms with van der Waals surface area (Å²) in [6.07, 6.45) is 1.52. The lowest BCUT2D eigenvalue weighted by Gasteiger charge is -2.13. The summed E-state index contributed by atoms with van der Waals surface area (Å²) in [4.78, 5) is 4.30. The molecule has 0 saturated heterocycles. The number of anilines is 2. The van der Waals surface area contributed by atoms with Gasteiger partial charge in [0.05, 0.1) is 34.6 Å². The van der Waals surface area contributed by atoms with E-state index in [9.17, 15) is 5.26 Å². The minimum atomic E-state index is 0.425. The van der Waals surface area contributed by atoms with Crippen molar-refractivity contribution in [3.63, 3.8) is 0 Å². The van der Waals surface area contributed by atoms with Crippen LogP contribution in [0.25, 0.3) is 10.9 Å².